The van der Waals surface area contributed by atoms with Crippen LogP contribution in [0.1, 0.15) is 12.8 Å². The first-order valence-electron chi connectivity index (χ1n) is 7.04. The highest BCUT2D eigenvalue weighted by molar-refractivity contribution is 7.89. The number of alkyl halides is 3. The van der Waals surface area contributed by atoms with Crippen LogP contribution in [-0.2, 0) is 14.8 Å². The minimum atomic E-state index is -5.08. The summed E-state index contributed by atoms with van der Waals surface area (Å²) in [7, 11) is -3.44. The normalized spacial score (nSPS) is 16.1. The Labute approximate surface area is 137 Å². The molecule has 0 aromatic carbocycles. The second-order valence-corrected chi connectivity index (χ2v) is 6.73. The van der Waals surface area contributed by atoms with Crippen molar-refractivity contribution in [3.63, 3.8) is 0 Å². The molecular formula is C13H18F3N3O4S. The van der Waals surface area contributed by atoms with E-state index >= 15 is 0 Å². The van der Waals surface area contributed by atoms with Crippen LogP contribution in [0.3, 0.4) is 0 Å². The van der Waals surface area contributed by atoms with E-state index in [0.717, 1.165) is 25.9 Å². The summed E-state index contributed by atoms with van der Waals surface area (Å²) >= 11 is 0. The predicted molar refractivity (Wildman–Crippen MR) is 78.7 cm³/mol. The summed E-state index contributed by atoms with van der Waals surface area (Å²) in [4.78, 5) is 12.7. The molecule has 0 saturated carbocycles. The number of nitrogens with one attached hydrogen (secondary N) is 2. The smallest absolute Gasteiger partial charge is 0.475 e. The second-order valence-electron chi connectivity index (χ2n) is 5.02. The Morgan fingerprint density at radius 1 is 1.33 bits per heavy atom. The van der Waals surface area contributed by atoms with Gasteiger partial charge in [0.2, 0.25) is 0 Å². The number of sulfonamides is 1. The molecule has 11 heteroatoms. The van der Waals surface area contributed by atoms with Gasteiger partial charge in [-0.15, -0.1) is 0 Å². The van der Waals surface area contributed by atoms with Gasteiger partial charge in [0.15, 0.2) is 5.03 Å². The molecule has 136 valence electrons. The molecular weight excluding hydrogens is 351 g/mol. The molecule has 1 aliphatic heterocycles. The van der Waals surface area contributed by atoms with E-state index in [9.17, 15) is 21.6 Å². The fourth-order valence-corrected chi connectivity index (χ4v) is 2.95. The summed E-state index contributed by atoms with van der Waals surface area (Å²) in [5.74, 6) is -2.33. The van der Waals surface area contributed by atoms with E-state index in [1.165, 1.54) is 12.3 Å². The van der Waals surface area contributed by atoms with Crippen LogP contribution in [0.5, 0.6) is 0 Å². The number of carbonyl (C=O) groups is 1. The number of carboxylic acids is 1. The number of nitrogens with zero attached hydrogens (tertiary/aromatic N) is 1. The van der Waals surface area contributed by atoms with E-state index in [0.29, 0.717) is 12.5 Å². The van der Waals surface area contributed by atoms with Crippen molar-refractivity contribution in [3.05, 3.63) is 24.4 Å². The van der Waals surface area contributed by atoms with Gasteiger partial charge in [0.1, 0.15) is 0 Å². The molecule has 7 nitrogen and oxygen atoms in total. The standard InChI is InChI=1S/C11H17N3O2S.C2HF3O2/c15-17(16,11-3-1-2-6-13-11)14-9-10-4-7-12-8-5-10;3-2(4,5)1(6)7/h1-3,6,10,12,14H,4-5,7-9H2;(H,6,7). The lowest BCUT2D eigenvalue weighted by molar-refractivity contribution is -0.192. The van der Waals surface area contributed by atoms with Gasteiger partial charge in [-0.3, -0.25) is 0 Å². The highest BCUT2D eigenvalue weighted by atomic mass is 32.2. The number of aliphatic carboxylic acids is 1. The zero-order valence-electron chi connectivity index (χ0n) is 12.6. The zero-order valence-corrected chi connectivity index (χ0v) is 13.4. The van der Waals surface area contributed by atoms with Crippen LogP contribution in [-0.4, -0.2) is 50.3 Å². The molecule has 1 saturated heterocycles. The molecule has 2 rings (SSSR count). The topological polar surface area (TPSA) is 108 Å². The zero-order chi connectivity index (χ0) is 18.2. The van der Waals surface area contributed by atoms with Crippen molar-refractivity contribution >= 4 is 16.0 Å². The monoisotopic (exact) mass is 369 g/mol. The van der Waals surface area contributed by atoms with E-state index < -0.39 is 22.2 Å². The summed E-state index contributed by atoms with van der Waals surface area (Å²) < 4.78 is 58.1. The number of carboxylic acid groups (broad SMARTS) is 1. The third kappa shape index (κ3) is 7.23. The van der Waals surface area contributed by atoms with Gasteiger partial charge in [0.25, 0.3) is 10.0 Å². The number of pyridine rings is 1. The van der Waals surface area contributed by atoms with Crippen molar-refractivity contribution < 1.29 is 31.5 Å². The molecule has 0 bridgehead atoms. The van der Waals surface area contributed by atoms with Crippen LogP contribution in [0.2, 0.25) is 0 Å². The largest absolute Gasteiger partial charge is 0.490 e. The average Bonchev–Trinajstić information content (AvgIpc) is 2.55. The number of piperidine rings is 1. The molecule has 0 atom stereocenters. The molecule has 0 spiro atoms. The van der Waals surface area contributed by atoms with Gasteiger partial charge in [-0.1, -0.05) is 6.07 Å². The van der Waals surface area contributed by atoms with Crippen LogP contribution in [0, 0.1) is 5.92 Å². The van der Waals surface area contributed by atoms with Gasteiger partial charge in [-0.25, -0.2) is 22.9 Å². The molecule has 3 N–H and O–H groups in total. The summed E-state index contributed by atoms with van der Waals surface area (Å²) in [6, 6.07) is 4.88. The van der Waals surface area contributed by atoms with Crippen molar-refractivity contribution in [2.75, 3.05) is 19.6 Å². The van der Waals surface area contributed by atoms with E-state index in [1.54, 1.807) is 12.1 Å². The van der Waals surface area contributed by atoms with E-state index in [1.807, 2.05) is 0 Å². The van der Waals surface area contributed by atoms with Gasteiger partial charge < -0.3 is 10.4 Å². The fraction of sp³-hybridized carbons (Fsp3) is 0.538. The summed E-state index contributed by atoms with van der Waals surface area (Å²) in [6.07, 6.45) is -1.56. The molecule has 0 aliphatic carbocycles. The molecule has 0 radical (unpaired) electrons. The lowest BCUT2D eigenvalue weighted by atomic mass is 9.99. The third-order valence-electron chi connectivity index (χ3n) is 3.18. The van der Waals surface area contributed by atoms with Gasteiger partial charge in [-0.2, -0.15) is 13.2 Å². The third-order valence-corrected chi connectivity index (χ3v) is 4.52. The Morgan fingerprint density at radius 3 is 2.38 bits per heavy atom. The molecule has 24 heavy (non-hydrogen) atoms. The van der Waals surface area contributed by atoms with Gasteiger partial charge >= 0.3 is 12.1 Å². The summed E-state index contributed by atoms with van der Waals surface area (Å²) in [5, 5.41) is 10.5. The second kappa shape index (κ2) is 8.94. The molecule has 2 heterocycles. The maximum Gasteiger partial charge on any atom is 0.490 e. The lowest BCUT2D eigenvalue weighted by Gasteiger charge is -2.22. The molecule has 1 aromatic heterocycles. The SMILES string of the molecule is O=C(O)C(F)(F)F.O=S(=O)(NCC1CCNCC1)c1ccccn1. The van der Waals surface area contributed by atoms with E-state index in [2.05, 4.69) is 15.0 Å². The Morgan fingerprint density at radius 2 is 1.92 bits per heavy atom. The first-order chi connectivity index (χ1) is 11.1. The fourth-order valence-electron chi connectivity index (χ4n) is 1.89. The van der Waals surface area contributed by atoms with E-state index in [4.69, 9.17) is 9.90 Å². The number of hydrogen-bond acceptors (Lipinski definition) is 5. The quantitative estimate of drug-likeness (QED) is 0.731. The van der Waals surface area contributed by atoms with Gasteiger partial charge in [0.05, 0.1) is 0 Å². The molecule has 0 unspecified atom stereocenters. The Bertz CT molecular complexity index is 617. The minimum absolute atomic E-state index is 0.0916. The first kappa shape index (κ1) is 20.3. The van der Waals surface area contributed by atoms with E-state index in [-0.39, 0.29) is 5.03 Å². The minimum Gasteiger partial charge on any atom is -0.475 e. The summed E-state index contributed by atoms with van der Waals surface area (Å²) in [5.41, 5.74) is 0. The molecule has 1 fully saturated rings. The van der Waals surface area contributed by atoms with Crippen LogP contribution in [0.15, 0.2) is 29.4 Å². The molecule has 0 amide bonds. The van der Waals surface area contributed by atoms with Crippen LogP contribution < -0.4 is 10.0 Å². The van der Waals surface area contributed by atoms with Gasteiger partial charge in [-0.05, 0) is 44.0 Å². The first-order valence-corrected chi connectivity index (χ1v) is 8.53. The van der Waals surface area contributed by atoms with Gasteiger partial charge in [0, 0.05) is 12.7 Å². The average molecular weight is 369 g/mol. The van der Waals surface area contributed by atoms with Crippen molar-refractivity contribution in [1.82, 2.24) is 15.0 Å². The van der Waals surface area contributed by atoms with Crippen molar-refractivity contribution in [2.24, 2.45) is 5.92 Å². The highest BCUT2D eigenvalue weighted by Crippen LogP contribution is 2.13. The highest BCUT2D eigenvalue weighted by Gasteiger charge is 2.38. The number of rotatable bonds is 4. The lowest BCUT2D eigenvalue weighted by Crippen LogP contribution is -2.36. The van der Waals surface area contributed by atoms with Crippen LogP contribution in [0.4, 0.5) is 13.2 Å². The predicted octanol–water partition coefficient (Wildman–Crippen LogP) is 0.993. The number of hydrogen-bond donors (Lipinski definition) is 3. The Balaban J connectivity index is 0.000000351. The maximum absolute atomic E-state index is 11.9. The Hall–Kier alpha value is -1.72. The number of halogens is 3. The Kier molecular flexibility index (Phi) is 7.58. The van der Waals surface area contributed by atoms with Crippen molar-refractivity contribution in [3.8, 4) is 0 Å². The van der Waals surface area contributed by atoms with Crippen molar-refractivity contribution in [2.45, 2.75) is 24.0 Å². The summed E-state index contributed by atoms with van der Waals surface area (Å²) in [6.45, 7) is 2.44. The molecule has 1 aromatic rings. The number of aromatic nitrogens is 1. The van der Waals surface area contributed by atoms with Crippen molar-refractivity contribution in [1.29, 1.82) is 0 Å². The molecule has 1 aliphatic rings. The van der Waals surface area contributed by atoms with Crippen LogP contribution >= 0.6 is 0 Å². The maximum atomic E-state index is 11.9. The van der Waals surface area contributed by atoms with Crippen LogP contribution in [0.25, 0.3) is 0 Å².